The summed E-state index contributed by atoms with van der Waals surface area (Å²) in [5.74, 6) is -1.08. The highest BCUT2D eigenvalue weighted by atomic mass is 32.2. The second-order valence-electron chi connectivity index (χ2n) is 4.66. The topological polar surface area (TPSA) is 83.7 Å². The molecule has 0 bridgehead atoms. The van der Waals surface area contributed by atoms with Crippen molar-refractivity contribution in [2.24, 2.45) is 0 Å². The zero-order valence-corrected chi connectivity index (χ0v) is 11.9. The normalized spacial score (nSPS) is 18.1. The number of carbonyl (C=O) groups excluding carboxylic acids is 1. The molecule has 110 valence electrons. The van der Waals surface area contributed by atoms with Gasteiger partial charge < -0.3 is 10.6 Å². The van der Waals surface area contributed by atoms with Gasteiger partial charge >= 0.3 is 0 Å². The van der Waals surface area contributed by atoms with Crippen molar-refractivity contribution < 1.29 is 17.6 Å². The second-order valence-corrected chi connectivity index (χ2v) is 6.57. The van der Waals surface area contributed by atoms with Crippen LogP contribution in [0.25, 0.3) is 0 Å². The summed E-state index contributed by atoms with van der Waals surface area (Å²) in [6.45, 7) is 0.437. The van der Waals surface area contributed by atoms with Crippen LogP contribution in [-0.4, -0.2) is 50.2 Å². The van der Waals surface area contributed by atoms with Crippen LogP contribution >= 0.6 is 0 Å². The van der Waals surface area contributed by atoms with Crippen LogP contribution in [0.2, 0.25) is 0 Å². The molecular formula is C12H16FN3O3S. The number of para-hydroxylation sites is 1. The Labute approximate surface area is 117 Å². The first-order valence-corrected chi connectivity index (χ1v) is 7.56. The van der Waals surface area contributed by atoms with Gasteiger partial charge in [0.05, 0.1) is 12.2 Å². The van der Waals surface area contributed by atoms with E-state index in [1.807, 2.05) is 0 Å². The number of hydrogen-bond acceptors (Lipinski definition) is 4. The number of rotatable bonds is 2. The highest BCUT2D eigenvalue weighted by Crippen LogP contribution is 2.25. The first-order chi connectivity index (χ1) is 9.34. The van der Waals surface area contributed by atoms with E-state index in [0.717, 1.165) is 10.4 Å². The maximum Gasteiger partial charge on any atom is 0.245 e. The molecule has 1 aliphatic rings. The average molecular weight is 301 g/mol. The molecule has 20 heavy (non-hydrogen) atoms. The smallest absolute Gasteiger partial charge is 0.245 e. The number of hydrogen-bond donors (Lipinski definition) is 1. The Hall–Kier alpha value is -1.67. The zero-order chi connectivity index (χ0) is 14.9. The van der Waals surface area contributed by atoms with Crippen LogP contribution in [0.1, 0.15) is 6.42 Å². The van der Waals surface area contributed by atoms with Crippen LogP contribution in [0.5, 0.6) is 0 Å². The fourth-order valence-corrected chi connectivity index (χ4v) is 3.60. The van der Waals surface area contributed by atoms with Gasteiger partial charge in [-0.15, -0.1) is 0 Å². The molecule has 2 rings (SSSR count). The van der Waals surface area contributed by atoms with Crippen molar-refractivity contribution in [2.75, 3.05) is 32.4 Å². The molecule has 1 amide bonds. The van der Waals surface area contributed by atoms with E-state index in [-0.39, 0.29) is 23.9 Å². The largest absolute Gasteiger partial charge is 0.395 e. The van der Waals surface area contributed by atoms with E-state index in [4.69, 9.17) is 5.73 Å². The van der Waals surface area contributed by atoms with Gasteiger partial charge in [0.2, 0.25) is 15.9 Å². The van der Waals surface area contributed by atoms with Crippen LogP contribution in [0.15, 0.2) is 23.1 Å². The van der Waals surface area contributed by atoms with Gasteiger partial charge in [-0.3, -0.25) is 4.79 Å². The van der Waals surface area contributed by atoms with Crippen molar-refractivity contribution in [1.29, 1.82) is 0 Å². The van der Waals surface area contributed by atoms with Crippen molar-refractivity contribution in [3.05, 3.63) is 24.0 Å². The Balaban J connectivity index is 2.39. The van der Waals surface area contributed by atoms with E-state index < -0.39 is 21.5 Å². The van der Waals surface area contributed by atoms with Gasteiger partial charge in [0.15, 0.2) is 0 Å². The lowest BCUT2D eigenvalue weighted by Gasteiger charge is -2.20. The summed E-state index contributed by atoms with van der Waals surface area (Å²) >= 11 is 0. The molecule has 1 aromatic rings. The predicted octanol–water partition coefficient (Wildman–Crippen LogP) is 0.261. The number of nitrogens with zero attached hydrogens (tertiary/aromatic N) is 2. The van der Waals surface area contributed by atoms with E-state index in [2.05, 4.69) is 0 Å². The molecular weight excluding hydrogens is 285 g/mol. The van der Waals surface area contributed by atoms with Crippen molar-refractivity contribution in [1.82, 2.24) is 9.21 Å². The monoisotopic (exact) mass is 301 g/mol. The minimum Gasteiger partial charge on any atom is -0.395 e. The fraction of sp³-hybridized carbons (Fsp3) is 0.417. The molecule has 1 saturated heterocycles. The maximum absolute atomic E-state index is 13.4. The summed E-state index contributed by atoms with van der Waals surface area (Å²) in [6, 6.07) is 3.62. The average Bonchev–Trinajstić information content (AvgIpc) is 2.56. The lowest BCUT2D eigenvalue weighted by Crippen LogP contribution is -2.38. The number of likely N-dealkylation sites (N-methyl/N-ethyl adjacent to an activating group) is 1. The summed E-state index contributed by atoms with van der Waals surface area (Å²) < 4.78 is 39.4. The van der Waals surface area contributed by atoms with E-state index in [0.29, 0.717) is 13.0 Å². The van der Waals surface area contributed by atoms with E-state index in [1.165, 1.54) is 17.0 Å². The molecule has 1 aliphatic heterocycles. The molecule has 1 aromatic carbocycles. The summed E-state index contributed by atoms with van der Waals surface area (Å²) in [6.07, 6.45) is 0.524. The number of carbonyl (C=O) groups is 1. The van der Waals surface area contributed by atoms with Gasteiger partial charge in [-0.25, -0.2) is 12.8 Å². The first kappa shape index (κ1) is 14.7. The molecule has 0 saturated carbocycles. The Morgan fingerprint density at radius 3 is 2.70 bits per heavy atom. The predicted molar refractivity (Wildman–Crippen MR) is 71.8 cm³/mol. The molecule has 6 nitrogen and oxygen atoms in total. The van der Waals surface area contributed by atoms with Gasteiger partial charge in [0.25, 0.3) is 0 Å². The minimum absolute atomic E-state index is 0.203. The standard InChI is InChI=1S/C12H16FN3O3S/c1-15-6-3-7-16(8-11(15)17)20(18,19)10-5-2-4-9(13)12(10)14/h2,4-5H,3,6-8,14H2,1H3. The highest BCUT2D eigenvalue weighted by Gasteiger charge is 2.31. The van der Waals surface area contributed by atoms with Crippen molar-refractivity contribution in [3.63, 3.8) is 0 Å². The van der Waals surface area contributed by atoms with E-state index >= 15 is 0 Å². The quantitative estimate of drug-likeness (QED) is 0.794. The van der Waals surface area contributed by atoms with Gasteiger partial charge in [-0.1, -0.05) is 6.07 Å². The lowest BCUT2D eigenvalue weighted by atomic mass is 10.3. The molecule has 1 heterocycles. The molecule has 2 N–H and O–H groups in total. The summed E-state index contributed by atoms with van der Waals surface area (Å²) in [4.78, 5) is 12.9. The number of halogens is 1. The van der Waals surface area contributed by atoms with Gasteiger partial charge in [0, 0.05) is 20.1 Å². The third-order valence-electron chi connectivity index (χ3n) is 3.27. The maximum atomic E-state index is 13.4. The zero-order valence-electron chi connectivity index (χ0n) is 11.0. The molecule has 0 atom stereocenters. The summed E-state index contributed by atoms with van der Waals surface area (Å²) in [5.41, 5.74) is 5.08. The SMILES string of the molecule is CN1CCCN(S(=O)(=O)c2cccc(F)c2N)CC1=O. The number of amides is 1. The Bertz CT molecular complexity index is 633. The summed E-state index contributed by atoms with van der Waals surface area (Å²) in [7, 11) is -2.35. The summed E-state index contributed by atoms with van der Waals surface area (Å²) in [5, 5.41) is 0. The van der Waals surface area contributed by atoms with Crippen molar-refractivity contribution in [2.45, 2.75) is 11.3 Å². The number of sulfonamides is 1. The van der Waals surface area contributed by atoms with Crippen LogP contribution < -0.4 is 5.73 Å². The number of benzene rings is 1. The van der Waals surface area contributed by atoms with E-state index in [1.54, 1.807) is 7.05 Å². The van der Waals surface area contributed by atoms with Crippen LogP contribution in [0, 0.1) is 5.82 Å². The number of nitrogen functional groups attached to an aromatic ring is 1. The first-order valence-electron chi connectivity index (χ1n) is 6.12. The molecule has 1 fully saturated rings. The van der Waals surface area contributed by atoms with Crippen LogP contribution in [-0.2, 0) is 14.8 Å². The van der Waals surface area contributed by atoms with Gasteiger partial charge in [-0.05, 0) is 18.6 Å². The molecule has 8 heteroatoms. The lowest BCUT2D eigenvalue weighted by molar-refractivity contribution is -0.129. The van der Waals surface area contributed by atoms with E-state index in [9.17, 15) is 17.6 Å². The Kier molecular flexibility index (Phi) is 3.96. The Morgan fingerprint density at radius 1 is 1.30 bits per heavy atom. The third-order valence-corrected chi connectivity index (χ3v) is 5.17. The van der Waals surface area contributed by atoms with Crippen molar-refractivity contribution in [3.8, 4) is 0 Å². The second kappa shape index (κ2) is 5.37. The van der Waals surface area contributed by atoms with Gasteiger partial charge in [-0.2, -0.15) is 4.31 Å². The Morgan fingerprint density at radius 2 is 2.00 bits per heavy atom. The molecule has 0 aromatic heterocycles. The minimum atomic E-state index is -3.97. The number of nitrogens with two attached hydrogens (primary N) is 1. The molecule has 0 unspecified atom stereocenters. The highest BCUT2D eigenvalue weighted by molar-refractivity contribution is 7.89. The molecule has 0 spiro atoms. The number of anilines is 1. The van der Waals surface area contributed by atoms with Crippen molar-refractivity contribution >= 4 is 21.6 Å². The van der Waals surface area contributed by atoms with Gasteiger partial charge in [0.1, 0.15) is 10.7 Å². The molecule has 0 aliphatic carbocycles. The fourth-order valence-electron chi connectivity index (χ4n) is 2.05. The third kappa shape index (κ3) is 2.61. The molecule has 0 radical (unpaired) electrons. The van der Waals surface area contributed by atoms with Crippen LogP contribution in [0.3, 0.4) is 0 Å². The van der Waals surface area contributed by atoms with Crippen LogP contribution in [0.4, 0.5) is 10.1 Å².